The van der Waals surface area contributed by atoms with Crippen molar-refractivity contribution in [2.75, 3.05) is 13.1 Å². The van der Waals surface area contributed by atoms with Crippen LogP contribution in [-0.4, -0.2) is 45.8 Å². The average Bonchev–Trinajstić information content (AvgIpc) is 2.60. The van der Waals surface area contributed by atoms with Gasteiger partial charge < -0.3 is 10.2 Å². The van der Waals surface area contributed by atoms with Crippen LogP contribution in [0.5, 0.6) is 0 Å². The third-order valence-corrected chi connectivity index (χ3v) is 4.58. The summed E-state index contributed by atoms with van der Waals surface area (Å²) in [6.07, 6.45) is 0. The third kappa shape index (κ3) is 4.27. The van der Waals surface area contributed by atoms with Gasteiger partial charge in [-0.15, -0.1) is 12.4 Å². The number of nitrogens with one attached hydrogen (secondary N) is 1. The summed E-state index contributed by atoms with van der Waals surface area (Å²) in [5.74, 6) is -0.0735. The zero-order valence-corrected chi connectivity index (χ0v) is 15.2. The Labute approximate surface area is 153 Å². The van der Waals surface area contributed by atoms with Crippen molar-refractivity contribution in [3.8, 4) is 11.3 Å². The van der Waals surface area contributed by atoms with Gasteiger partial charge in [-0.3, -0.25) is 9.59 Å². The molecule has 1 aliphatic heterocycles. The zero-order chi connectivity index (χ0) is 17.1. The minimum Gasteiger partial charge on any atom is -0.336 e. The highest BCUT2D eigenvalue weighted by molar-refractivity contribution is 5.85. The highest BCUT2D eigenvalue weighted by Gasteiger charge is 2.28. The predicted octanol–water partition coefficient (Wildman–Crippen LogP) is 1.54. The van der Waals surface area contributed by atoms with Crippen LogP contribution in [0.25, 0.3) is 11.3 Å². The Morgan fingerprint density at radius 3 is 2.64 bits per heavy atom. The van der Waals surface area contributed by atoms with Crippen LogP contribution < -0.4 is 10.9 Å². The Hall–Kier alpha value is -2.18. The van der Waals surface area contributed by atoms with Gasteiger partial charge in [-0.25, -0.2) is 4.68 Å². The van der Waals surface area contributed by atoms with Gasteiger partial charge in [0, 0.05) is 36.8 Å². The van der Waals surface area contributed by atoms with Crippen LogP contribution in [0.2, 0.25) is 0 Å². The maximum atomic E-state index is 12.6. The predicted molar refractivity (Wildman–Crippen MR) is 99.8 cm³/mol. The molecule has 0 aliphatic carbocycles. The van der Waals surface area contributed by atoms with Gasteiger partial charge in [-0.1, -0.05) is 30.3 Å². The van der Waals surface area contributed by atoms with Gasteiger partial charge in [0.2, 0.25) is 5.91 Å². The number of carbonyl (C=O) groups is 1. The van der Waals surface area contributed by atoms with Crippen molar-refractivity contribution in [3.63, 3.8) is 0 Å². The fraction of sp³-hybridized carbons (Fsp3) is 0.389. The first kappa shape index (κ1) is 19.1. The van der Waals surface area contributed by atoms with Crippen LogP contribution in [0, 0.1) is 0 Å². The molecular weight excluding hydrogens is 340 g/mol. The molecule has 25 heavy (non-hydrogen) atoms. The molecule has 1 N–H and O–H groups in total. The van der Waals surface area contributed by atoms with E-state index < -0.39 is 0 Å². The van der Waals surface area contributed by atoms with Crippen LogP contribution in [0.15, 0.2) is 47.3 Å². The molecule has 0 spiro atoms. The van der Waals surface area contributed by atoms with E-state index in [0.717, 1.165) is 12.1 Å². The number of hydrogen-bond acceptors (Lipinski definition) is 4. The molecular formula is C18H23ClN4O2. The second-order valence-electron chi connectivity index (χ2n) is 6.15. The van der Waals surface area contributed by atoms with E-state index in [-0.39, 0.29) is 42.5 Å². The molecule has 2 unspecified atom stereocenters. The summed E-state index contributed by atoms with van der Waals surface area (Å²) < 4.78 is 1.25. The van der Waals surface area contributed by atoms with Crippen LogP contribution in [-0.2, 0) is 11.3 Å². The Morgan fingerprint density at radius 2 is 1.92 bits per heavy atom. The summed E-state index contributed by atoms with van der Waals surface area (Å²) >= 11 is 0. The van der Waals surface area contributed by atoms with E-state index in [1.165, 1.54) is 10.7 Å². The lowest BCUT2D eigenvalue weighted by Crippen LogP contribution is -2.58. The number of carbonyl (C=O) groups excluding carboxylic acids is 1. The number of halogens is 1. The van der Waals surface area contributed by atoms with Gasteiger partial charge >= 0.3 is 0 Å². The minimum atomic E-state index is -0.265. The molecule has 1 aromatic carbocycles. The van der Waals surface area contributed by atoms with Gasteiger partial charge in [0.15, 0.2) is 0 Å². The van der Waals surface area contributed by atoms with Gasteiger partial charge in [0.1, 0.15) is 6.54 Å². The van der Waals surface area contributed by atoms with Crippen LogP contribution in [0.4, 0.5) is 0 Å². The summed E-state index contributed by atoms with van der Waals surface area (Å²) in [7, 11) is 0. The summed E-state index contributed by atoms with van der Waals surface area (Å²) in [6, 6.07) is 13.1. The number of rotatable bonds is 3. The Bertz CT molecular complexity index is 778. The molecule has 3 rings (SSSR count). The molecule has 1 aromatic heterocycles. The van der Waals surface area contributed by atoms with Crippen molar-refractivity contribution in [2.45, 2.75) is 32.5 Å². The van der Waals surface area contributed by atoms with E-state index in [0.29, 0.717) is 12.2 Å². The monoisotopic (exact) mass is 362 g/mol. The van der Waals surface area contributed by atoms with Crippen molar-refractivity contribution in [3.05, 3.63) is 52.8 Å². The van der Waals surface area contributed by atoms with E-state index in [9.17, 15) is 9.59 Å². The fourth-order valence-corrected chi connectivity index (χ4v) is 2.95. The van der Waals surface area contributed by atoms with E-state index >= 15 is 0 Å². The first-order valence-electron chi connectivity index (χ1n) is 8.22. The van der Waals surface area contributed by atoms with Crippen LogP contribution >= 0.6 is 12.4 Å². The number of nitrogens with zero attached hydrogens (tertiary/aromatic N) is 3. The normalized spacial score (nSPS) is 20.0. The lowest BCUT2D eigenvalue weighted by atomic mass is 10.1. The molecule has 2 atom stereocenters. The van der Waals surface area contributed by atoms with Crippen molar-refractivity contribution in [1.29, 1.82) is 0 Å². The van der Waals surface area contributed by atoms with Gasteiger partial charge in [0.25, 0.3) is 5.56 Å². The topological polar surface area (TPSA) is 67.2 Å². The number of amides is 1. The molecule has 134 valence electrons. The SMILES string of the molecule is CC1NCCN(C(=O)Cn2nc(-c3ccccc3)ccc2=O)C1C.Cl. The smallest absolute Gasteiger partial charge is 0.267 e. The zero-order valence-electron chi connectivity index (χ0n) is 14.4. The summed E-state index contributed by atoms with van der Waals surface area (Å²) in [6.45, 7) is 5.47. The highest BCUT2D eigenvalue weighted by Crippen LogP contribution is 2.14. The van der Waals surface area contributed by atoms with Crippen LogP contribution in [0.1, 0.15) is 13.8 Å². The Balaban J connectivity index is 0.00000225. The van der Waals surface area contributed by atoms with Gasteiger partial charge in [-0.2, -0.15) is 5.10 Å². The molecule has 1 aliphatic rings. The lowest BCUT2D eigenvalue weighted by Gasteiger charge is -2.38. The minimum absolute atomic E-state index is 0. The molecule has 6 nitrogen and oxygen atoms in total. The van der Waals surface area contributed by atoms with Crippen molar-refractivity contribution < 1.29 is 4.79 Å². The largest absolute Gasteiger partial charge is 0.336 e. The van der Waals surface area contributed by atoms with E-state index in [4.69, 9.17) is 0 Å². The first-order chi connectivity index (χ1) is 11.6. The third-order valence-electron chi connectivity index (χ3n) is 4.58. The number of aromatic nitrogens is 2. The Morgan fingerprint density at radius 1 is 1.20 bits per heavy atom. The quantitative estimate of drug-likeness (QED) is 0.899. The number of benzene rings is 1. The van der Waals surface area contributed by atoms with Crippen molar-refractivity contribution >= 4 is 18.3 Å². The second-order valence-corrected chi connectivity index (χ2v) is 6.15. The molecule has 2 aromatic rings. The number of hydrogen-bond donors (Lipinski definition) is 1. The van der Waals surface area contributed by atoms with E-state index in [2.05, 4.69) is 17.3 Å². The maximum absolute atomic E-state index is 12.6. The molecule has 0 saturated carbocycles. The first-order valence-corrected chi connectivity index (χ1v) is 8.22. The maximum Gasteiger partial charge on any atom is 0.267 e. The van der Waals surface area contributed by atoms with E-state index in [1.807, 2.05) is 42.2 Å². The average molecular weight is 363 g/mol. The van der Waals surface area contributed by atoms with Crippen molar-refractivity contribution in [1.82, 2.24) is 20.0 Å². The summed E-state index contributed by atoms with van der Waals surface area (Å²) in [4.78, 5) is 26.5. The van der Waals surface area contributed by atoms with E-state index in [1.54, 1.807) is 6.07 Å². The molecule has 2 heterocycles. The fourth-order valence-electron chi connectivity index (χ4n) is 2.95. The summed E-state index contributed by atoms with van der Waals surface area (Å²) in [5, 5.41) is 7.71. The molecule has 1 saturated heterocycles. The highest BCUT2D eigenvalue weighted by atomic mass is 35.5. The second kappa shape index (κ2) is 8.27. The standard InChI is InChI=1S/C18H22N4O2.ClH/c1-13-14(2)21(11-10-19-13)18(24)12-22-17(23)9-8-16(20-22)15-6-4-3-5-7-15;/h3-9,13-14,19H,10-12H2,1-2H3;1H. The molecule has 0 bridgehead atoms. The lowest BCUT2D eigenvalue weighted by molar-refractivity contribution is -0.135. The van der Waals surface area contributed by atoms with Crippen LogP contribution in [0.3, 0.4) is 0 Å². The summed E-state index contributed by atoms with van der Waals surface area (Å²) in [5.41, 5.74) is 1.34. The van der Waals surface area contributed by atoms with Crippen molar-refractivity contribution in [2.24, 2.45) is 0 Å². The Kier molecular flexibility index (Phi) is 6.33. The molecule has 1 fully saturated rings. The molecule has 1 amide bonds. The number of piperazine rings is 1. The van der Waals surface area contributed by atoms with Gasteiger partial charge in [-0.05, 0) is 19.9 Å². The molecule has 7 heteroatoms. The molecule has 0 radical (unpaired) electrons. The van der Waals surface area contributed by atoms with Gasteiger partial charge in [0.05, 0.1) is 5.69 Å².